The molecule has 0 aromatic heterocycles. The average Bonchev–Trinajstić information content (AvgIpc) is 3.25. The van der Waals surface area contributed by atoms with Gasteiger partial charge in [0, 0.05) is 19.4 Å². The second kappa shape index (κ2) is 13.4. The van der Waals surface area contributed by atoms with E-state index in [1.165, 1.54) is 64.2 Å². The number of carbonyl (C=O) groups excluding carboxylic acids is 2. The third-order valence-electron chi connectivity index (χ3n) is 12.6. The standard InChI is InChI=1S/C35H62N2O3.ClH/c1-25(13-18-31(38)36-22-11-23-37(7,8)24-40-32(39)33(2,3)4)28-16-17-29-27-15-14-26-12-9-10-20-34(26,5)30(27)19-21-35(28,29)6;/h25-30H,9-24H2,1-8H3;1H/t25-,26?,27?,28-,29?,30?,34+,35-;/m1./s1. The smallest absolute Gasteiger partial charge is 0.315 e. The first-order chi connectivity index (χ1) is 18.7. The van der Waals surface area contributed by atoms with Gasteiger partial charge in [0.15, 0.2) is 0 Å². The summed E-state index contributed by atoms with van der Waals surface area (Å²) in [4.78, 5) is 24.8. The van der Waals surface area contributed by atoms with Crippen LogP contribution in [0.25, 0.3) is 0 Å². The molecule has 0 heterocycles. The van der Waals surface area contributed by atoms with E-state index in [2.05, 4.69) is 40.2 Å². The lowest BCUT2D eigenvalue weighted by Crippen LogP contribution is -3.00. The zero-order valence-electron chi connectivity index (χ0n) is 27.8. The number of carbonyl (C=O) groups is 2. The van der Waals surface area contributed by atoms with Gasteiger partial charge >= 0.3 is 5.97 Å². The summed E-state index contributed by atoms with van der Waals surface area (Å²) in [5, 5.41) is 3.17. The summed E-state index contributed by atoms with van der Waals surface area (Å²) < 4.78 is 6.12. The topological polar surface area (TPSA) is 55.4 Å². The van der Waals surface area contributed by atoms with Crippen molar-refractivity contribution in [3.63, 3.8) is 0 Å². The lowest BCUT2D eigenvalue weighted by atomic mass is 9.44. The van der Waals surface area contributed by atoms with E-state index in [0.717, 1.165) is 49.0 Å². The zero-order chi connectivity index (χ0) is 29.3. The lowest BCUT2D eigenvalue weighted by Gasteiger charge is -2.61. The second-order valence-corrected chi connectivity index (χ2v) is 16.8. The summed E-state index contributed by atoms with van der Waals surface area (Å²) in [5.74, 6) is 5.26. The normalized spacial score (nSPS) is 35.8. The number of esters is 1. The molecule has 41 heavy (non-hydrogen) atoms. The van der Waals surface area contributed by atoms with Gasteiger partial charge in [0.2, 0.25) is 12.6 Å². The van der Waals surface area contributed by atoms with Gasteiger partial charge in [-0.3, -0.25) is 14.1 Å². The van der Waals surface area contributed by atoms with Gasteiger partial charge in [-0.25, -0.2) is 0 Å². The number of ether oxygens (including phenoxy) is 1. The molecule has 0 radical (unpaired) electrons. The van der Waals surface area contributed by atoms with Gasteiger partial charge in [0.1, 0.15) is 0 Å². The van der Waals surface area contributed by atoms with Crippen molar-refractivity contribution in [1.82, 2.24) is 5.32 Å². The number of hydrogen-bond acceptors (Lipinski definition) is 3. The molecule has 6 heteroatoms. The molecular formula is C35H63ClN2O3. The summed E-state index contributed by atoms with van der Waals surface area (Å²) in [5.41, 5.74) is 0.623. The van der Waals surface area contributed by atoms with Crippen LogP contribution in [-0.4, -0.2) is 50.3 Å². The van der Waals surface area contributed by atoms with Crippen molar-refractivity contribution in [2.75, 3.05) is 33.9 Å². The summed E-state index contributed by atoms with van der Waals surface area (Å²) in [7, 11) is 4.15. The maximum atomic E-state index is 12.7. The molecule has 0 saturated heterocycles. The van der Waals surface area contributed by atoms with E-state index in [-0.39, 0.29) is 24.3 Å². The first-order valence-corrected chi connectivity index (χ1v) is 16.9. The van der Waals surface area contributed by atoms with Crippen molar-refractivity contribution in [2.24, 2.45) is 51.8 Å². The molecule has 4 fully saturated rings. The minimum Gasteiger partial charge on any atom is -1.00 e. The molecule has 4 saturated carbocycles. The average molecular weight is 595 g/mol. The van der Waals surface area contributed by atoms with Crippen molar-refractivity contribution in [3.8, 4) is 0 Å². The van der Waals surface area contributed by atoms with Gasteiger partial charge in [-0.2, -0.15) is 0 Å². The molecule has 4 rings (SSSR count). The third kappa shape index (κ3) is 7.65. The molecule has 4 unspecified atom stereocenters. The molecule has 1 N–H and O–H groups in total. The van der Waals surface area contributed by atoms with Crippen LogP contribution in [0.5, 0.6) is 0 Å². The van der Waals surface area contributed by atoms with Crippen molar-refractivity contribution in [2.45, 2.75) is 125 Å². The number of hydrogen-bond donors (Lipinski definition) is 1. The Labute approximate surface area is 258 Å². The highest BCUT2D eigenvalue weighted by Crippen LogP contribution is 2.68. The van der Waals surface area contributed by atoms with E-state index in [1.54, 1.807) is 0 Å². The molecular weight excluding hydrogens is 532 g/mol. The Balaban J connectivity index is 0.00000462. The summed E-state index contributed by atoms with van der Waals surface area (Å²) in [6, 6.07) is 0. The van der Waals surface area contributed by atoms with Crippen LogP contribution >= 0.6 is 0 Å². The lowest BCUT2D eigenvalue weighted by molar-refractivity contribution is -0.907. The first kappa shape index (κ1) is 34.7. The summed E-state index contributed by atoms with van der Waals surface area (Å²) in [6.07, 6.45) is 17.1. The van der Waals surface area contributed by atoms with E-state index in [0.29, 0.717) is 40.9 Å². The number of amides is 1. The van der Waals surface area contributed by atoms with Crippen LogP contribution in [0.4, 0.5) is 0 Å². The van der Waals surface area contributed by atoms with Gasteiger partial charge < -0.3 is 22.5 Å². The number of rotatable bonds is 10. The van der Waals surface area contributed by atoms with E-state index >= 15 is 0 Å². The Kier molecular flexibility index (Phi) is 11.4. The van der Waals surface area contributed by atoms with Crippen molar-refractivity contribution in [1.29, 1.82) is 0 Å². The van der Waals surface area contributed by atoms with Gasteiger partial charge in [0.05, 0.1) is 26.1 Å². The number of nitrogens with zero attached hydrogens (tertiary/aromatic N) is 1. The molecule has 0 aliphatic heterocycles. The van der Waals surface area contributed by atoms with Gasteiger partial charge in [-0.05, 0) is 125 Å². The Morgan fingerprint density at radius 1 is 0.951 bits per heavy atom. The molecule has 0 bridgehead atoms. The van der Waals surface area contributed by atoms with Crippen LogP contribution < -0.4 is 17.7 Å². The van der Waals surface area contributed by atoms with E-state index in [1.807, 2.05) is 20.8 Å². The highest BCUT2D eigenvalue weighted by Gasteiger charge is 2.60. The van der Waals surface area contributed by atoms with Gasteiger partial charge in [-0.1, -0.05) is 33.6 Å². The Bertz CT molecular complexity index is 900. The van der Waals surface area contributed by atoms with E-state index in [4.69, 9.17) is 4.74 Å². The Hall–Kier alpha value is -0.810. The van der Waals surface area contributed by atoms with Crippen LogP contribution in [-0.2, 0) is 14.3 Å². The number of fused-ring (bicyclic) bond motifs is 5. The quantitative estimate of drug-likeness (QED) is 0.174. The minimum absolute atomic E-state index is 0. The fourth-order valence-electron chi connectivity index (χ4n) is 10.2. The first-order valence-electron chi connectivity index (χ1n) is 16.9. The second-order valence-electron chi connectivity index (χ2n) is 16.8. The predicted octanol–water partition coefficient (Wildman–Crippen LogP) is 4.59. The molecule has 4 aliphatic rings. The van der Waals surface area contributed by atoms with Crippen LogP contribution in [0.1, 0.15) is 125 Å². The molecule has 238 valence electrons. The fourth-order valence-corrected chi connectivity index (χ4v) is 10.2. The largest absolute Gasteiger partial charge is 1.00 e. The molecule has 0 aromatic rings. The zero-order valence-corrected chi connectivity index (χ0v) is 28.6. The van der Waals surface area contributed by atoms with E-state index < -0.39 is 5.41 Å². The van der Waals surface area contributed by atoms with Crippen LogP contribution in [0.3, 0.4) is 0 Å². The number of halogens is 1. The molecule has 4 aliphatic carbocycles. The van der Waals surface area contributed by atoms with Crippen molar-refractivity contribution >= 4 is 11.9 Å². The summed E-state index contributed by atoms with van der Waals surface area (Å²) in [6.45, 7) is 15.3. The number of nitrogens with one attached hydrogen (secondary N) is 1. The van der Waals surface area contributed by atoms with Gasteiger partial charge in [0.25, 0.3) is 0 Å². The highest BCUT2D eigenvalue weighted by atomic mass is 35.5. The predicted molar refractivity (Wildman–Crippen MR) is 163 cm³/mol. The molecule has 0 spiro atoms. The fraction of sp³-hybridized carbons (Fsp3) is 0.943. The summed E-state index contributed by atoms with van der Waals surface area (Å²) >= 11 is 0. The molecule has 1 amide bonds. The van der Waals surface area contributed by atoms with Gasteiger partial charge in [-0.15, -0.1) is 0 Å². The Morgan fingerprint density at radius 3 is 2.37 bits per heavy atom. The highest BCUT2D eigenvalue weighted by molar-refractivity contribution is 5.76. The van der Waals surface area contributed by atoms with Crippen LogP contribution in [0, 0.1) is 51.8 Å². The maximum absolute atomic E-state index is 12.7. The monoisotopic (exact) mass is 594 g/mol. The van der Waals surface area contributed by atoms with Crippen molar-refractivity contribution in [3.05, 3.63) is 0 Å². The minimum atomic E-state index is -0.478. The molecule has 8 atom stereocenters. The molecule has 0 aromatic carbocycles. The number of quaternary nitrogens is 1. The van der Waals surface area contributed by atoms with Crippen LogP contribution in [0.15, 0.2) is 0 Å². The van der Waals surface area contributed by atoms with E-state index in [9.17, 15) is 9.59 Å². The maximum Gasteiger partial charge on any atom is 0.315 e. The van der Waals surface area contributed by atoms with Crippen molar-refractivity contribution < 1.29 is 31.2 Å². The van der Waals surface area contributed by atoms with Crippen LogP contribution in [0.2, 0.25) is 0 Å². The third-order valence-corrected chi connectivity index (χ3v) is 12.6. The molecule has 5 nitrogen and oxygen atoms in total. The SMILES string of the molecule is C[C@H](CCC(=O)NCCC[N+](C)(C)COC(=O)C(C)(C)C)[C@H]1CCC2C3CCC4CCCC[C@]4(C)C3CC[C@@]21C.[Cl-]. The Morgan fingerprint density at radius 2 is 1.66 bits per heavy atom.